The molecule has 154 valence electrons. The molecule has 3 N–H and O–H groups in total. The number of methoxy groups -OCH3 is 1. The second kappa shape index (κ2) is 8.02. The van der Waals surface area contributed by atoms with Gasteiger partial charge in [0.2, 0.25) is 0 Å². The lowest BCUT2D eigenvalue weighted by atomic mass is 10.0. The van der Waals surface area contributed by atoms with Gasteiger partial charge in [-0.15, -0.1) is 0 Å². The van der Waals surface area contributed by atoms with E-state index in [4.69, 9.17) is 31.5 Å². The average Bonchev–Trinajstić information content (AvgIpc) is 3.16. The monoisotopic (exact) mass is 419 g/mol. The summed E-state index contributed by atoms with van der Waals surface area (Å²) >= 11 is 5.93. The Bertz CT molecular complexity index is 909. The molecule has 10 heteroatoms. The van der Waals surface area contributed by atoms with Crippen LogP contribution in [0.2, 0.25) is 5.15 Å². The van der Waals surface area contributed by atoms with E-state index in [-0.39, 0.29) is 16.7 Å². The van der Waals surface area contributed by atoms with Gasteiger partial charge < -0.3 is 30.2 Å². The molecule has 0 aliphatic carbocycles. The number of aromatic nitrogens is 2. The van der Waals surface area contributed by atoms with Crippen molar-refractivity contribution in [2.75, 3.05) is 43.6 Å². The second-order valence-electron chi connectivity index (χ2n) is 6.86. The number of primary amides is 1. The number of nitrogens with zero attached hydrogens (tertiary/aromatic N) is 3. The van der Waals surface area contributed by atoms with Crippen molar-refractivity contribution in [3.05, 3.63) is 35.2 Å². The van der Waals surface area contributed by atoms with Crippen LogP contribution in [0.3, 0.4) is 0 Å². The molecule has 2 aromatic rings. The van der Waals surface area contributed by atoms with E-state index in [2.05, 4.69) is 20.2 Å². The molecule has 0 saturated carbocycles. The van der Waals surface area contributed by atoms with Crippen LogP contribution in [-0.4, -0.2) is 55.1 Å². The molecule has 0 unspecified atom stereocenters. The lowest BCUT2D eigenvalue weighted by molar-refractivity contribution is -0.169. The molecule has 1 spiro atoms. The zero-order valence-electron chi connectivity index (χ0n) is 16.0. The van der Waals surface area contributed by atoms with Crippen LogP contribution in [0.25, 0.3) is 0 Å². The number of amides is 1. The number of ether oxygens (including phenoxy) is 3. The minimum atomic E-state index is -0.691. The van der Waals surface area contributed by atoms with Crippen LogP contribution in [0.1, 0.15) is 23.3 Å². The third kappa shape index (κ3) is 4.07. The standard InChI is InChI=1S/C19H22ClN5O4/c1-27-14-3-2-12(23-18-16(17(21)26)22-11-15(20)24-18)10-13(14)25-6-4-19(5-7-25)28-8-9-29-19/h2-3,10-11H,4-9H2,1H3,(H2,21,26)(H,23,24). The number of nitrogens with one attached hydrogen (secondary N) is 1. The highest BCUT2D eigenvalue weighted by Crippen LogP contribution is 2.38. The summed E-state index contributed by atoms with van der Waals surface area (Å²) in [5, 5.41) is 3.24. The Balaban J connectivity index is 1.58. The smallest absolute Gasteiger partial charge is 0.271 e. The Morgan fingerprint density at radius 1 is 1.31 bits per heavy atom. The first-order chi connectivity index (χ1) is 14.0. The summed E-state index contributed by atoms with van der Waals surface area (Å²) in [5.74, 6) is -0.200. The lowest BCUT2D eigenvalue weighted by Gasteiger charge is -2.39. The van der Waals surface area contributed by atoms with Crippen molar-refractivity contribution in [3.8, 4) is 5.75 Å². The third-order valence-electron chi connectivity index (χ3n) is 5.10. The maximum atomic E-state index is 11.6. The molecule has 0 radical (unpaired) electrons. The van der Waals surface area contributed by atoms with Crippen molar-refractivity contribution in [1.82, 2.24) is 9.97 Å². The third-order valence-corrected chi connectivity index (χ3v) is 5.28. The first-order valence-corrected chi connectivity index (χ1v) is 9.68. The van der Waals surface area contributed by atoms with Gasteiger partial charge in [-0.2, -0.15) is 0 Å². The summed E-state index contributed by atoms with van der Waals surface area (Å²) in [6.45, 7) is 2.82. The zero-order valence-corrected chi connectivity index (χ0v) is 16.7. The molecule has 0 bridgehead atoms. The molecule has 2 saturated heterocycles. The molecule has 1 amide bonds. The lowest BCUT2D eigenvalue weighted by Crippen LogP contribution is -2.45. The van der Waals surface area contributed by atoms with E-state index in [0.717, 1.165) is 37.4 Å². The molecule has 29 heavy (non-hydrogen) atoms. The first-order valence-electron chi connectivity index (χ1n) is 9.30. The quantitative estimate of drug-likeness (QED) is 0.759. The summed E-state index contributed by atoms with van der Waals surface area (Å²) < 4.78 is 17.2. The number of carbonyl (C=O) groups is 1. The average molecular weight is 420 g/mol. The minimum absolute atomic E-state index is 0.0159. The van der Waals surface area contributed by atoms with Crippen molar-refractivity contribution in [2.45, 2.75) is 18.6 Å². The van der Waals surface area contributed by atoms with Crippen LogP contribution >= 0.6 is 11.6 Å². The van der Waals surface area contributed by atoms with Gasteiger partial charge in [-0.25, -0.2) is 9.97 Å². The maximum absolute atomic E-state index is 11.6. The summed E-state index contributed by atoms with van der Waals surface area (Å²) in [4.78, 5) is 22.0. The van der Waals surface area contributed by atoms with Crippen LogP contribution in [-0.2, 0) is 9.47 Å². The van der Waals surface area contributed by atoms with E-state index in [1.165, 1.54) is 6.20 Å². The number of anilines is 3. The summed E-state index contributed by atoms with van der Waals surface area (Å²) in [7, 11) is 1.63. The van der Waals surface area contributed by atoms with Gasteiger partial charge in [-0.1, -0.05) is 11.6 Å². The number of nitrogens with two attached hydrogens (primary N) is 1. The highest BCUT2D eigenvalue weighted by Gasteiger charge is 2.40. The predicted molar refractivity (Wildman–Crippen MR) is 108 cm³/mol. The molecular formula is C19H22ClN5O4. The van der Waals surface area contributed by atoms with Crippen LogP contribution in [0.5, 0.6) is 5.75 Å². The van der Waals surface area contributed by atoms with Crippen LogP contribution in [0.15, 0.2) is 24.4 Å². The molecular weight excluding hydrogens is 398 g/mol. The van der Waals surface area contributed by atoms with E-state index in [9.17, 15) is 4.79 Å². The second-order valence-corrected chi connectivity index (χ2v) is 7.25. The van der Waals surface area contributed by atoms with Crippen molar-refractivity contribution < 1.29 is 19.0 Å². The fourth-order valence-electron chi connectivity index (χ4n) is 3.66. The zero-order chi connectivity index (χ0) is 20.4. The van der Waals surface area contributed by atoms with Crippen molar-refractivity contribution in [3.63, 3.8) is 0 Å². The maximum Gasteiger partial charge on any atom is 0.271 e. The van der Waals surface area contributed by atoms with E-state index >= 15 is 0 Å². The molecule has 9 nitrogen and oxygen atoms in total. The number of rotatable bonds is 5. The summed E-state index contributed by atoms with van der Waals surface area (Å²) in [6, 6.07) is 5.61. The van der Waals surface area contributed by atoms with Gasteiger partial charge in [-0.3, -0.25) is 4.79 Å². The molecule has 4 rings (SSSR count). The van der Waals surface area contributed by atoms with Gasteiger partial charge in [0.15, 0.2) is 17.3 Å². The summed E-state index contributed by atoms with van der Waals surface area (Å²) in [6.07, 6.45) is 2.84. The SMILES string of the molecule is COc1ccc(Nc2nc(Cl)cnc2C(N)=O)cc1N1CCC2(CC1)OCCO2. The number of hydrogen-bond donors (Lipinski definition) is 2. The Hall–Kier alpha value is -2.62. The molecule has 2 aliphatic rings. The van der Waals surface area contributed by atoms with Crippen molar-refractivity contribution >= 4 is 34.7 Å². The largest absolute Gasteiger partial charge is 0.495 e. The van der Waals surface area contributed by atoms with Gasteiger partial charge >= 0.3 is 0 Å². The topological polar surface area (TPSA) is 112 Å². The number of carbonyl (C=O) groups excluding carboxylic acids is 1. The highest BCUT2D eigenvalue weighted by molar-refractivity contribution is 6.29. The van der Waals surface area contributed by atoms with E-state index in [0.29, 0.717) is 18.9 Å². The fraction of sp³-hybridized carbons (Fsp3) is 0.421. The summed E-state index contributed by atoms with van der Waals surface area (Å²) in [5.41, 5.74) is 7.03. The Kier molecular flexibility index (Phi) is 5.44. The van der Waals surface area contributed by atoms with E-state index < -0.39 is 11.7 Å². The van der Waals surface area contributed by atoms with Gasteiger partial charge in [0, 0.05) is 31.6 Å². The predicted octanol–water partition coefficient (Wildman–Crippen LogP) is 2.32. The van der Waals surface area contributed by atoms with Crippen molar-refractivity contribution in [1.29, 1.82) is 0 Å². The van der Waals surface area contributed by atoms with Crippen LogP contribution in [0, 0.1) is 0 Å². The van der Waals surface area contributed by atoms with Gasteiger partial charge in [0.1, 0.15) is 10.9 Å². The molecule has 1 aromatic carbocycles. The molecule has 1 aromatic heterocycles. The fourth-order valence-corrected chi connectivity index (χ4v) is 3.79. The van der Waals surface area contributed by atoms with Crippen LogP contribution < -0.4 is 20.7 Å². The molecule has 0 atom stereocenters. The molecule has 3 heterocycles. The number of halogens is 1. The normalized spacial score (nSPS) is 18.1. The van der Waals surface area contributed by atoms with Gasteiger partial charge in [0.25, 0.3) is 5.91 Å². The van der Waals surface area contributed by atoms with Gasteiger partial charge in [-0.05, 0) is 18.2 Å². The number of hydrogen-bond acceptors (Lipinski definition) is 8. The van der Waals surface area contributed by atoms with Crippen molar-refractivity contribution in [2.24, 2.45) is 5.73 Å². The first kappa shape index (κ1) is 19.7. The molecule has 2 fully saturated rings. The Morgan fingerprint density at radius 2 is 2.03 bits per heavy atom. The van der Waals surface area contributed by atoms with E-state index in [1.54, 1.807) is 7.11 Å². The van der Waals surface area contributed by atoms with Crippen LogP contribution in [0.4, 0.5) is 17.2 Å². The molecule has 2 aliphatic heterocycles. The van der Waals surface area contributed by atoms with E-state index in [1.807, 2.05) is 18.2 Å². The van der Waals surface area contributed by atoms with Gasteiger partial charge in [0.05, 0.1) is 32.2 Å². The number of benzene rings is 1. The minimum Gasteiger partial charge on any atom is -0.495 e. The number of piperidine rings is 1. The Labute approximate surface area is 173 Å². The highest BCUT2D eigenvalue weighted by atomic mass is 35.5. The Morgan fingerprint density at radius 3 is 2.69 bits per heavy atom.